The maximum atomic E-state index is 5.21. The van der Waals surface area contributed by atoms with E-state index in [1.54, 1.807) is 0 Å². The van der Waals surface area contributed by atoms with Gasteiger partial charge in [-0.25, -0.2) is 4.98 Å². The average Bonchev–Trinajstić information content (AvgIpc) is 4.00. The van der Waals surface area contributed by atoms with E-state index in [0.717, 1.165) is 71.9 Å². The Morgan fingerprint density at radius 3 is 1.45 bits per heavy atom. The summed E-state index contributed by atoms with van der Waals surface area (Å²) in [6.07, 6.45) is 0. The fourth-order valence-corrected chi connectivity index (χ4v) is 8.65. The molecule has 262 valence electrons. The third kappa shape index (κ3) is 4.42. The van der Waals surface area contributed by atoms with Crippen molar-refractivity contribution < 1.29 is 0 Å². The molecule has 1 N–H and O–H groups in total. The molecule has 0 spiro atoms. The van der Waals surface area contributed by atoms with Crippen LogP contribution in [0.25, 0.3) is 106 Å². The third-order valence-electron chi connectivity index (χ3n) is 11.0. The van der Waals surface area contributed by atoms with E-state index in [9.17, 15) is 0 Å². The summed E-state index contributed by atoms with van der Waals surface area (Å²) >= 11 is 0. The SMILES string of the molecule is c1ccc(-c2nc(-c3ccccc3)nc(-n3c4ccccc4c4c3c3ccccc3n4-c3cccc(-n4c5ccccc5c5[nH]c6ccccc6c54)c3)n2)cc1. The lowest BCUT2D eigenvalue weighted by Gasteiger charge is -2.13. The molecule has 0 saturated carbocycles. The molecular formula is C49H31N7. The number of H-pyrrole nitrogens is 1. The van der Waals surface area contributed by atoms with Gasteiger partial charge in [-0.05, 0) is 42.5 Å². The van der Waals surface area contributed by atoms with Crippen LogP contribution in [0, 0.1) is 0 Å². The molecule has 0 aliphatic rings. The molecule has 7 aromatic carbocycles. The quantitative estimate of drug-likeness (QED) is 0.193. The predicted molar refractivity (Wildman–Crippen MR) is 228 cm³/mol. The predicted octanol–water partition coefficient (Wildman–Crippen LogP) is 11.8. The van der Waals surface area contributed by atoms with Crippen molar-refractivity contribution in [1.29, 1.82) is 0 Å². The van der Waals surface area contributed by atoms with Crippen LogP contribution in [0.3, 0.4) is 0 Å². The highest BCUT2D eigenvalue weighted by molar-refractivity contribution is 6.20. The van der Waals surface area contributed by atoms with Gasteiger partial charge in [0.2, 0.25) is 5.95 Å². The number of para-hydroxylation sites is 4. The van der Waals surface area contributed by atoms with E-state index in [1.807, 2.05) is 60.7 Å². The summed E-state index contributed by atoms with van der Waals surface area (Å²) < 4.78 is 7.03. The number of aromatic amines is 1. The number of nitrogens with zero attached hydrogens (tertiary/aromatic N) is 6. The fraction of sp³-hybridized carbons (Fsp3) is 0. The van der Waals surface area contributed by atoms with E-state index in [0.29, 0.717) is 17.6 Å². The molecule has 7 heteroatoms. The summed E-state index contributed by atoms with van der Waals surface area (Å²) in [5.41, 5.74) is 12.9. The van der Waals surface area contributed by atoms with E-state index in [2.05, 4.69) is 140 Å². The Morgan fingerprint density at radius 1 is 0.357 bits per heavy atom. The molecule has 0 fully saturated rings. The lowest BCUT2D eigenvalue weighted by molar-refractivity contribution is 0.955. The summed E-state index contributed by atoms with van der Waals surface area (Å²) in [6.45, 7) is 0. The molecule has 0 radical (unpaired) electrons. The van der Waals surface area contributed by atoms with Gasteiger partial charge >= 0.3 is 0 Å². The van der Waals surface area contributed by atoms with Gasteiger partial charge in [-0.1, -0.05) is 140 Å². The van der Waals surface area contributed by atoms with Crippen molar-refractivity contribution in [2.45, 2.75) is 0 Å². The molecule has 5 heterocycles. The number of hydrogen-bond donors (Lipinski definition) is 1. The zero-order valence-corrected chi connectivity index (χ0v) is 30.0. The molecule has 56 heavy (non-hydrogen) atoms. The van der Waals surface area contributed by atoms with Crippen LogP contribution in [-0.2, 0) is 0 Å². The second-order valence-corrected chi connectivity index (χ2v) is 14.2. The number of nitrogens with one attached hydrogen (secondary N) is 1. The van der Waals surface area contributed by atoms with E-state index in [1.165, 1.54) is 16.3 Å². The average molecular weight is 718 g/mol. The molecular weight excluding hydrogens is 687 g/mol. The fourth-order valence-electron chi connectivity index (χ4n) is 8.65. The van der Waals surface area contributed by atoms with Crippen molar-refractivity contribution in [1.82, 2.24) is 33.6 Å². The first kappa shape index (κ1) is 30.7. The van der Waals surface area contributed by atoms with Crippen LogP contribution in [0.5, 0.6) is 0 Å². The zero-order chi connectivity index (χ0) is 36.7. The highest BCUT2D eigenvalue weighted by Gasteiger charge is 2.25. The first-order valence-electron chi connectivity index (χ1n) is 18.8. The Morgan fingerprint density at radius 2 is 0.821 bits per heavy atom. The molecule has 12 rings (SSSR count). The number of hydrogen-bond acceptors (Lipinski definition) is 3. The molecule has 0 amide bonds. The van der Waals surface area contributed by atoms with Crippen molar-refractivity contribution in [2.75, 3.05) is 0 Å². The van der Waals surface area contributed by atoms with E-state index in [4.69, 9.17) is 15.0 Å². The minimum Gasteiger partial charge on any atom is -0.353 e. The minimum absolute atomic E-state index is 0.570. The van der Waals surface area contributed by atoms with Gasteiger partial charge in [0.05, 0.1) is 38.6 Å². The first-order valence-corrected chi connectivity index (χ1v) is 18.8. The number of benzene rings is 7. The van der Waals surface area contributed by atoms with Crippen LogP contribution < -0.4 is 0 Å². The largest absolute Gasteiger partial charge is 0.353 e. The van der Waals surface area contributed by atoms with Crippen LogP contribution in [0.15, 0.2) is 182 Å². The molecule has 0 bridgehead atoms. The van der Waals surface area contributed by atoms with Gasteiger partial charge in [0.1, 0.15) is 0 Å². The monoisotopic (exact) mass is 717 g/mol. The van der Waals surface area contributed by atoms with Gasteiger partial charge in [-0.2, -0.15) is 9.97 Å². The van der Waals surface area contributed by atoms with Gasteiger partial charge in [0.15, 0.2) is 11.6 Å². The molecule has 0 saturated heterocycles. The number of fused-ring (bicyclic) bond motifs is 10. The van der Waals surface area contributed by atoms with E-state index >= 15 is 0 Å². The Balaban J connectivity index is 1.16. The highest BCUT2D eigenvalue weighted by Crippen LogP contribution is 2.42. The second-order valence-electron chi connectivity index (χ2n) is 14.2. The maximum absolute atomic E-state index is 5.21. The van der Waals surface area contributed by atoms with Crippen molar-refractivity contribution in [3.05, 3.63) is 182 Å². The molecule has 0 atom stereocenters. The molecule has 0 unspecified atom stereocenters. The zero-order valence-electron chi connectivity index (χ0n) is 30.0. The normalized spacial score (nSPS) is 11.9. The number of rotatable bonds is 5. The lowest BCUT2D eigenvalue weighted by Crippen LogP contribution is -2.06. The Bertz CT molecular complexity index is 3410. The van der Waals surface area contributed by atoms with Crippen LogP contribution in [-0.4, -0.2) is 33.6 Å². The lowest BCUT2D eigenvalue weighted by atomic mass is 10.2. The summed E-state index contributed by atoms with van der Waals surface area (Å²) in [4.78, 5) is 19.2. The van der Waals surface area contributed by atoms with Crippen molar-refractivity contribution in [3.8, 4) is 40.1 Å². The smallest absolute Gasteiger partial charge is 0.238 e. The topological polar surface area (TPSA) is 69.2 Å². The maximum Gasteiger partial charge on any atom is 0.238 e. The Kier molecular flexibility index (Phi) is 6.50. The van der Waals surface area contributed by atoms with Crippen molar-refractivity contribution in [2.24, 2.45) is 0 Å². The number of aromatic nitrogens is 7. The standard InChI is InChI=1S/C49H31N7/c1-3-16-31(17-4-1)47-51-48(32-18-5-2-6-19-32)53-49(52-47)56-42-29-14-10-25-38(42)45-46(56)37-24-9-13-28-41(37)55(45)34-21-15-20-33(30-34)54-40-27-12-8-23-36(40)43-44(54)35-22-7-11-26-39(35)50-43/h1-30,50H. The van der Waals surface area contributed by atoms with Crippen LogP contribution in [0.4, 0.5) is 0 Å². The molecule has 12 aromatic rings. The Hall–Kier alpha value is -7.77. The van der Waals surface area contributed by atoms with E-state index in [-0.39, 0.29) is 0 Å². The van der Waals surface area contributed by atoms with Crippen molar-refractivity contribution >= 4 is 65.7 Å². The highest BCUT2D eigenvalue weighted by atomic mass is 15.2. The molecule has 0 aliphatic heterocycles. The summed E-state index contributed by atoms with van der Waals surface area (Å²) in [5, 5.41) is 4.61. The third-order valence-corrected chi connectivity index (χ3v) is 11.0. The molecule has 5 aromatic heterocycles. The molecule has 0 aliphatic carbocycles. The Labute approximate surface area is 320 Å². The van der Waals surface area contributed by atoms with Gasteiger partial charge in [0.25, 0.3) is 0 Å². The van der Waals surface area contributed by atoms with Crippen molar-refractivity contribution in [3.63, 3.8) is 0 Å². The van der Waals surface area contributed by atoms with Gasteiger partial charge in [0, 0.05) is 49.6 Å². The summed E-state index contributed by atoms with van der Waals surface area (Å²) in [5.74, 6) is 1.82. The van der Waals surface area contributed by atoms with Gasteiger partial charge in [-0.15, -0.1) is 0 Å². The first-order chi connectivity index (χ1) is 27.8. The minimum atomic E-state index is 0.570. The van der Waals surface area contributed by atoms with Gasteiger partial charge < -0.3 is 14.1 Å². The van der Waals surface area contributed by atoms with Crippen LogP contribution >= 0.6 is 0 Å². The van der Waals surface area contributed by atoms with E-state index < -0.39 is 0 Å². The summed E-state index contributed by atoms with van der Waals surface area (Å²) in [7, 11) is 0. The van der Waals surface area contributed by atoms with Crippen LogP contribution in [0.2, 0.25) is 0 Å². The van der Waals surface area contributed by atoms with Gasteiger partial charge in [-0.3, -0.25) is 4.57 Å². The summed E-state index contributed by atoms with van der Waals surface area (Å²) in [6, 6.07) is 63.7. The second kappa shape index (κ2) is 11.9. The molecule has 7 nitrogen and oxygen atoms in total. The van der Waals surface area contributed by atoms with Crippen LogP contribution in [0.1, 0.15) is 0 Å².